The van der Waals surface area contributed by atoms with Gasteiger partial charge in [-0.25, -0.2) is 0 Å². The van der Waals surface area contributed by atoms with Crippen LogP contribution in [-0.4, -0.2) is 10.2 Å². The van der Waals surface area contributed by atoms with Crippen molar-refractivity contribution >= 4 is 0 Å². The van der Waals surface area contributed by atoms with Gasteiger partial charge in [-0.05, 0) is 48.8 Å². The van der Waals surface area contributed by atoms with Crippen molar-refractivity contribution in [3.63, 3.8) is 0 Å². The third-order valence-electron chi connectivity index (χ3n) is 3.50. The fourth-order valence-electron chi connectivity index (χ4n) is 2.73. The van der Waals surface area contributed by atoms with Crippen molar-refractivity contribution in [2.45, 2.75) is 59.2 Å². The summed E-state index contributed by atoms with van der Waals surface area (Å²) in [5.41, 5.74) is 4.44. The van der Waals surface area contributed by atoms with Crippen LogP contribution in [0.4, 0.5) is 0 Å². The smallest absolute Gasteiger partial charge is 0.178 e. The molecule has 2 nitrogen and oxygen atoms in total. The molecular formula is C15H24O2. The number of hydrogen-bond donors (Lipinski definition) is 2. The van der Waals surface area contributed by atoms with Crippen LogP contribution in [0.3, 0.4) is 0 Å². The van der Waals surface area contributed by atoms with Crippen LogP contribution in [0.5, 0.6) is 0 Å². The summed E-state index contributed by atoms with van der Waals surface area (Å²) in [6, 6.07) is 3.89. The maximum absolute atomic E-state index is 9.25. The van der Waals surface area contributed by atoms with Gasteiger partial charge in [-0.1, -0.05) is 32.9 Å². The van der Waals surface area contributed by atoms with E-state index in [1.807, 2.05) is 32.9 Å². The van der Waals surface area contributed by atoms with Crippen LogP contribution in [0.15, 0.2) is 12.1 Å². The van der Waals surface area contributed by atoms with E-state index in [1.165, 1.54) is 24.0 Å². The molecule has 0 spiro atoms. The lowest BCUT2D eigenvalue weighted by Gasteiger charge is -2.26. The first-order chi connectivity index (χ1) is 8.11. The van der Waals surface area contributed by atoms with Crippen molar-refractivity contribution < 1.29 is 10.2 Å². The quantitative estimate of drug-likeness (QED) is 0.733. The SMILES string of the molecule is CC.Cc1c(C(O)O)ccc2c1C(C)CCC2. The molecule has 1 unspecified atom stereocenters. The fourth-order valence-corrected chi connectivity index (χ4v) is 2.73. The Morgan fingerprint density at radius 2 is 1.88 bits per heavy atom. The number of aliphatic hydroxyl groups is 2. The highest BCUT2D eigenvalue weighted by Crippen LogP contribution is 2.35. The molecule has 2 heteroatoms. The first-order valence-corrected chi connectivity index (χ1v) is 6.59. The molecule has 0 bridgehead atoms. The molecule has 2 N–H and O–H groups in total. The summed E-state index contributed by atoms with van der Waals surface area (Å²) in [7, 11) is 0. The molecule has 1 atom stereocenters. The zero-order chi connectivity index (χ0) is 13.0. The Hall–Kier alpha value is -0.860. The van der Waals surface area contributed by atoms with Gasteiger partial charge < -0.3 is 10.2 Å². The van der Waals surface area contributed by atoms with Gasteiger partial charge in [-0.3, -0.25) is 0 Å². The van der Waals surface area contributed by atoms with Gasteiger partial charge in [0.1, 0.15) is 0 Å². The second-order valence-electron chi connectivity index (χ2n) is 4.52. The minimum atomic E-state index is -1.34. The summed E-state index contributed by atoms with van der Waals surface area (Å²) in [4.78, 5) is 0. The van der Waals surface area contributed by atoms with Crippen LogP contribution < -0.4 is 0 Å². The van der Waals surface area contributed by atoms with Gasteiger partial charge >= 0.3 is 0 Å². The summed E-state index contributed by atoms with van der Waals surface area (Å²) in [5.74, 6) is 0.549. The monoisotopic (exact) mass is 236 g/mol. The molecule has 0 heterocycles. The largest absolute Gasteiger partial charge is 0.364 e. The highest BCUT2D eigenvalue weighted by atomic mass is 16.5. The lowest BCUT2D eigenvalue weighted by molar-refractivity contribution is -0.0430. The van der Waals surface area contributed by atoms with Gasteiger partial charge in [0.2, 0.25) is 0 Å². The van der Waals surface area contributed by atoms with Crippen molar-refractivity contribution in [3.05, 3.63) is 34.4 Å². The van der Waals surface area contributed by atoms with E-state index in [4.69, 9.17) is 0 Å². The second kappa shape index (κ2) is 6.18. The van der Waals surface area contributed by atoms with E-state index in [1.54, 1.807) is 0 Å². The first-order valence-electron chi connectivity index (χ1n) is 6.59. The number of fused-ring (bicyclic) bond motifs is 1. The van der Waals surface area contributed by atoms with Crippen LogP contribution in [-0.2, 0) is 6.42 Å². The number of aliphatic hydroxyl groups excluding tert-OH is 1. The number of rotatable bonds is 1. The molecule has 1 aliphatic carbocycles. The van der Waals surface area contributed by atoms with Gasteiger partial charge in [-0.15, -0.1) is 0 Å². The third-order valence-corrected chi connectivity index (χ3v) is 3.50. The average molecular weight is 236 g/mol. The molecule has 0 saturated carbocycles. The average Bonchev–Trinajstić information content (AvgIpc) is 2.31. The third kappa shape index (κ3) is 2.88. The summed E-state index contributed by atoms with van der Waals surface area (Å²) < 4.78 is 0. The van der Waals surface area contributed by atoms with Crippen molar-refractivity contribution in [1.82, 2.24) is 0 Å². The van der Waals surface area contributed by atoms with Crippen LogP contribution in [0.2, 0.25) is 0 Å². The first kappa shape index (κ1) is 14.2. The van der Waals surface area contributed by atoms with Crippen LogP contribution in [0, 0.1) is 6.92 Å². The molecule has 17 heavy (non-hydrogen) atoms. The highest BCUT2D eigenvalue weighted by Gasteiger charge is 2.21. The molecule has 0 radical (unpaired) electrons. The van der Waals surface area contributed by atoms with Crippen molar-refractivity contribution in [2.75, 3.05) is 0 Å². The molecule has 0 aliphatic heterocycles. The van der Waals surface area contributed by atoms with E-state index in [0.29, 0.717) is 11.5 Å². The standard InChI is InChI=1S/C13H18O2.C2H6/c1-8-4-3-5-10-6-7-11(13(14)15)9(2)12(8)10;1-2/h6-8,13-15H,3-5H2,1-2H3;1-2H3. The molecule has 0 saturated heterocycles. The normalized spacial score (nSPS) is 18.4. The highest BCUT2D eigenvalue weighted by molar-refractivity contribution is 5.44. The molecule has 0 amide bonds. The Morgan fingerprint density at radius 1 is 1.24 bits per heavy atom. The maximum Gasteiger partial charge on any atom is 0.178 e. The molecular weight excluding hydrogens is 212 g/mol. The predicted molar refractivity (Wildman–Crippen MR) is 71.1 cm³/mol. The van der Waals surface area contributed by atoms with Crippen molar-refractivity contribution in [2.24, 2.45) is 0 Å². The van der Waals surface area contributed by atoms with Gasteiger partial charge in [0.05, 0.1) is 0 Å². The number of benzene rings is 1. The lowest BCUT2D eigenvalue weighted by Crippen LogP contribution is -2.12. The van der Waals surface area contributed by atoms with Crippen molar-refractivity contribution in [1.29, 1.82) is 0 Å². The van der Waals surface area contributed by atoms with Crippen LogP contribution in [0.25, 0.3) is 0 Å². The van der Waals surface area contributed by atoms with E-state index in [9.17, 15) is 10.2 Å². The molecule has 2 rings (SSSR count). The van der Waals surface area contributed by atoms with Gasteiger partial charge in [0, 0.05) is 5.56 Å². The van der Waals surface area contributed by atoms with E-state index < -0.39 is 6.29 Å². The van der Waals surface area contributed by atoms with Crippen molar-refractivity contribution in [3.8, 4) is 0 Å². The molecule has 96 valence electrons. The van der Waals surface area contributed by atoms with Gasteiger partial charge in [-0.2, -0.15) is 0 Å². The van der Waals surface area contributed by atoms with E-state index in [2.05, 4.69) is 6.92 Å². The van der Waals surface area contributed by atoms with E-state index >= 15 is 0 Å². The molecule has 0 fully saturated rings. The summed E-state index contributed by atoms with van der Waals surface area (Å²) >= 11 is 0. The Kier molecular flexibility index (Phi) is 5.16. The Labute approximate surface area is 104 Å². The van der Waals surface area contributed by atoms with Gasteiger partial charge in [0.15, 0.2) is 6.29 Å². The lowest BCUT2D eigenvalue weighted by atomic mass is 9.80. The van der Waals surface area contributed by atoms with E-state index in [-0.39, 0.29) is 0 Å². The second-order valence-corrected chi connectivity index (χ2v) is 4.52. The zero-order valence-corrected chi connectivity index (χ0v) is 11.3. The zero-order valence-electron chi connectivity index (χ0n) is 11.3. The maximum atomic E-state index is 9.25. The summed E-state index contributed by atoms with van der Waals surface area (Å²) in [6.07, 6.45) is 2.24. The topological polar surface area (TPSA) is 40.5 Å². The van der Waals surface area contributed by atoms with Crippen LogP contribution >= 0.6 is 0 Å². The summed E-state index contributed by atoms with van der Waals surface area (Å²) in [6.45, 7) is 8.22. The van der Waals surface area contributed by atoms with Crippen LogP contribution in [0.1, 0.15) is 68.1 Å². The molecule has 1 aliphatic rings. The minimum Gasteiger partial charge on any atom is -0.364 e. The fraction of sp³-hybridized carbons (Fsp3) is 0.600. The Bertz CT molecular complexity index is 369. The summed E-state index contributed by atoms with van der Waals surface area (Å²) in [5, 5.41) is 18.5. The van der Waals surface area contributed by atoms with E-state index in [0.717, 1.165) is 12.0 Å². The predicted octanol–water partition coefficient (Wildman–Crippen LogP) is 3.44. The Balaban J connectivity index is 0.000000686. The van der Waals surface area contributed by atoms with Gasteiger partial charge in [0.25, 0.3) is 0 Å². The molecule has 1 aromatic rings. The number of hydrogen-bond acceptors (Lipinski definition) is 2. The number of aryl methyl sites for hydroxylation is 1. The molecule has 1 aromatic carbocycles. The minimum absolute atomic E-state index is 0.549. The Morgan fingerprint density at radius 3 is 2.47 bits per heavy atom. The molecule has 0 aromatic heterocycles.